The van der Waals surface area contributed by atoms with E-state index in [0.29, 0.717) is 6.42 Å². The maximum atomic E-state index is 10.3. The standard InChI is InChI=1S/C6H10N2O2/c1-2-3-4-8-6(10)5(7)9/h4H,2-3H2,1H3,(H2,7,9). The third-order valence-electron chi connectivity index (χ3n) is 0.837. The highest BCUT2D eigenvalue weighted by Gasteiger charge is 2.03. The molecule has 0 aliphatic heterocycles. The molecule has 0 aromatic rings. The molecule has 0 saturated heterocycles. The van der Waals surface area contributed by atoms with Crippen molar-refractivity contribution in [3.05, 3.63) is 0 Å². The lowest BCUT2D eigenvalue weighted by Gasteiger charge is -1.83. The van der Waals surface area contributed by atoms with Crippen molar-refractivity contribution >= 4 is 18.0 Å². The third-order valence-corrected chi connectivity index (χ3v) is 0.837. The number of hydrogen-bond donors (Lipinski definition) is 1. The van der Waals surface area contributed by atoms with Crippen molar-refractivity contribution in [3.8, 4) is 0 Å². The van der Waals surface area contributed by atoms with Gasteiger partial charge in [-0.3, -0.25) is 9.59 Å². The summed E-state index contributed by atoms with van der Waals surface area (Å²) in [5, 5.41) is 0. The second-order valence-corrected chi connectivity index (χ2v) is 1.77. The van der Waals surface area contributed by atoms with Crippen LogP contribution in [0.4, 0.5) is 0 Å². The highest BCUT2D eigenvalue weighted by molar-refractivity contribution is 6.35. The van der Waals surface area contributed by atoms with Gasteiger partial charge in [-0.25, -0.2) is 4.99 Å². The van der Waals surface area contributed by atoms with Crippen molar-refractivity contribution in [2.24, 2.45) is 10.7 Å². The number of amides is 2. The van der Waals surface area contributed by atoms with E-state index >= 15 is 0 Å². The Morgan fingerprint density at radius 3 is 2.60 bits per heavy atom. The van der Waals surface area contributed by atoms with Crippen LogP contribution in [0.25, 0.3) is 0 Å². The van der Waals surface area contributed by atoms with Crippen LogP contribution in [0.2, 0.25) is 0 Å². The van der Waals surface area contributed by atoms with Crippen molar-refractivity contribution in [1.82, 2.24) is 0 Å². The van der Waals surface area contributed by atoms with E-state index in [-0.39, 0.29) is 0 Å². The number of hydrogen-bond acceptors (Lipinski definition) is 2. The average Bonchev–Trinajstić information content (AvgIpc) is 1.88. The molecular formula is C6H10N2O2. The average molecular weight is 142 g/mol. The molecule has 0 fully saturated rings. The number of primary amides is 1. The van der Waals surface area contributed by atoms with Gasteiger partial charge in [0.05, 0.1) is 0 Å². The maximum absolute atomic E-state index is 10.3. The Bertz CT molecular complexity index is 163. The SMILES string of the molecule is CCCC=NC(=O)C(N)=O. The molecule has 0 bridgehead atoms. The predicted molar refractivity (Wildman–Crippen MR) is 37.6 cm³/mol. The molecule has 0 aromatic heterocycles. The predicted octanol–water partition coefficient (Wildman–Crippen LogP) is -0.131. The minimum absolute atomic E-state index is 0.693. The van der Waals surface area contributed by atoms with Crippen molar-refractivity contribution in [3.63, 3.8) is 0 Å². The first kappa shape index (κ1) is 8.81. The first-order chi connectivity index (χ1) is 4.68. The summed E-state index contributed by atoms with van der Waals surface area (Å²) in [4.78, 5) is 23.7. The molecule has 0 aromatic carbocycles. The van der Waals surface area contributed by atoms with Gasteiger partial charge in [-0.2, -0.15) is 0 Å². The van der Waals surface area contributed by atoms with Crippen LogP contribution in [0.5, 0.6) is 0 Å². The first-order valence-electron chi connectivity index (χ1n) is 3.04. The van der Waals surface area contributed by atoms with Gasteiger partial charge in [0.25, 0.3) is 0 Å². The zero-order chi connectivity index (χ0) is 7.98. The lowest BCUT2D eigenvalue weighted by molar-refractivity contribution is -0.135. The molecule has 0 radical (unpaired) electrons. The van der Waals surface area contributed by atoms with E-state index in [1.807, 2.05) is 6.92 Å². The van der Waals surface area contributed by atoms with E-state index < -0.39 is 11.8 Å². The zero-order valence-corrected chi connectivity index (χ0v) is 5.83. The maximum Gasteiger partial charge on any atom is 0.334 e. The summed E-state index contributed by atoms with van der Waals surface area (Å²) < 4.78 is 0. The Morgan fingerprint density at radius 1 is 1.60 bits per heavy atom. The lowest BCUT2D eigenvalue weighted by atomic mass is 10.4. The highest BCUT2D eigenvalue weighted by Crippen LogP contribution is 1.81. The summed E-state index contributed by atoms with van der Waals surface area (Å²) in [5.41, 5.74) is 4.62. The monoisotopic (exact) mass is 142 g/mol. The largest absolute Gasteiger partial charge is 0.361 e. The molecule has 0 rings (SSSR count). The lowest BCUT2D eigenvalue weighted by Crippen LogP contribution is -2.20. The minimum atomic E-state index is -1.01. The zero-order valence-electron chi connectivity index (χ0n) is 5.83. The van der Waals surface area contributed by atoms with E-state index in [9.17, 15) is 9.59 Å². The topological polar surface area (TPSA) is 72.5 Å². The van der Waals surface area contributed by atoms with E-state index in [1.165, 1.54) is 6.21 Å². The smallest absolute Gasteiger partial charge is 0.334 e. The number of carbonyl (C=O) groups is 2. The van der Waals surface area contributed by atoms with Crippen molar-refractivity contribution < 1.29 is 9.59 Å². The van der Waals surface area contributed by atoms with Crippen LogP contribution < -0.4 is 5.73 Å². The summed E-state index contributed by atoms with van der Waals surface area (Å²) in [6.45, 7) is 1.95. The van der Waals surface area contributed by atoms with E-state index in [4.69, 9.17) is 0 Å². The van der Waals surface area contributed by atoms with Gasteiger partial charge in [0, 0.05) is 6.21 Å². The van der Waals surface area contributed by atoms with Gasteiger partial charge in [-0.1, -0.05) is 13.3 Å². The molecule has 2 amide bonds. The molecule has 4 nitrogen and oxygen atoms in total. The summed E-state index contributed by atoms with van der Waals surface area (Å²) >= 11 is 0. The minimum Gasteiger partial charge on any atom is -0.361 e. The molecule has 0 aliphatic rings. The molecule has 0 aliphatic carbocycles. The second-order valence-electron chi connectivity index (χ2n) is 1.77. The van der Waals surface area contributed by atoms with Crippen LogP contribution in [0.1, 0.15) is 19.8 Å². The Morgan fingerprint density at radius 2 is 2.20 bits per heavy atom. The Hall–Kier alpha value is -1.19. The number of nitrogens with zero attached hydrogens (tertiary/aromatic N) is 1. The van der Waals surface area contributed by atoms with Gasteiger partial charge in [-0.05, 0) is 6.42 Å². The molecular weight excluding hydrogens is 132 g/mol. The number of aliphatic imine (C=N–C) groups is 1. The Balaban J connectivity index is 3.67. The van der Waals surface area contributed by atoms with Crippen LogP contribution in [0.15, 0.2) is 4.99 Å². The fourth-order valence-corrected chi connectivity index (χ4v) is 0.340. The Labute approximate surface area is 59.1 Å². The quantitative estimate of drug-likeness (QED) is 0.431. The molecule has 0 unspecified atom stereocenters. The van der Waals surface area contributed by atoms with Gasteiger partial charge in [0.15, 0.2) is 0 Å². The number of unbranched alkanes of at least 4 members (excludes halogenated alkanes) is 1. The van der Waals surface area contributed by atoms with Crippen molar-refractivity contribution in [1.29, 1.82) is 0 Å². The molecule has 0 saturated carbocycles. The Kier molecular flexibility index (Phi) is 4.11. The van der Waals surface area contributed by atoms with Crippen molar-refractivity contribution in [2.45, 2.75) is 19.8 Å². The van der Waals surface area contributed by atoms with Crippen LogP contribution in [-0.2, 0) is 9.59 Å². The van der Waals surface area contributed by atoms with Gasteiger partial charge >= 0.3 is 11.8 Å². The molecule has 10 heavy (non-hydrogen) atoms. The van der Waals surface area contributed by atoms with Gasteiger partial charge in [0.2, 0.25) is 0 Å². The number of nitrogens with two attached hydrogens (primary N) is 1. The fraction of sp³-hybridized carbons (Fsp3) is 0.500. The summed E-state index contributed by atoms with van der Waals surface area (Å²) in [6, 6.07) is 0. The van der Waals surface area contributed by atoms with E-state index in [0.717, 1.165) is 6.42 Å². The number of carbonyl (C=O) groups excluding carboxylic acids is 2. The molecule has 4 heteroatoms. The van der Waals surface area contributed by atoms with Crippen LogP contribution in [0, 0.1) is 0 Å². The van der Waals surface area contributed by atoms with E-state index in [1.54, 1.807) is 0 Å². The van der Waals surface area contributed by atoms with Gasteiger partial charge < -0.3 is 5.73 Å². The normalized spacial score (nSPS) is 10.1. The van der Waals surface area contributed by atoms with Gasteiger partial charge in [-0.15, -0.1) is 0 Å². The molecule has 0 atom stereocenters. The molecule has 56 valence electrons. The summed E-state index contributed by atoms with van der Waals surface area (Å²) in [7, 11) is 0. The third kappa shape index (κ3) is 3.77. The number of rotatable bonds is 2. The first-order valence-corrected chi connectivity index (χ1v) is 3.04. The van der Waals surface area contributed by atoms with Crippen LogP contribution in [-0.4, -0.2) is 18.0 Å². The van der Waals surface area contributed by atoms with Crippen LogP contribution >= 0.6 is 0 Å². The molecule has 0 heterocycles. The van der Waals surface area contributed by atoms with Crippen LogP contribution in [0.3, 0.4) is 0 Å². The fourth-order valence-electron chi connectivity index (χ4n) is 0.340. The molecule has 0 spiro atoms. The van der Waals surface area contributed by atoms with Crippen molar-refractivity contribution in [2.75, 3.05) is 0 Å². The summed E-state index contributed by atoms with van der Waals surface area (Å²) in [5.74, 6) is -1.89. The highest BCUT2D eigenvalue weighted by atomic mass is 16.2. The van der Waals surface area contributed by atoms with E-state index in [2.05, 4.69) is 10.7 Å². The second kappa shape index (κ2) is 4.67. The van der Waals surface area contributed by atoms with Gasteiger partial charge in [0.1, 0.15) is 0 Å². The summed E-state index contributed by atoms with van der Waals surface area (Å²) in [6.07, 6.45) is 2.99. The molecule has 2 N–H and O–H groups in total.